The maximum Gasteiger partial charge on any atom is 0.338 e. The molecule has 0 fully saturated rings. The lowest BCUT2D eigenvalue weighted by Gasteiger charge is -2.05. The van der Waals surface area contributed by atoms with Crippen LogP contribution in [0.4, 0.5) is 0 Å². The molecular weight excluding hydrogens is 192 g/mol. The first-order chi connectivity index (χ1) is 7.20. The number of aliphatic hydroxyl groups excluding tert-OH is 1. The van der Waals surface area contributed by atoms with Gasteiger partial charge in [0.05, 0.1) is 18.3 Å². The Bertz CT molecular complexity index is 293. The zero-order chi connectivity index (χ0) is 11.1. The fourth-order valence-electron chi connectivity index (χ4n) is 1.20. The molecule has 0 amide bonds. The second-order valence-corrected chi connectivity index (χ2v) is 3.49. The van der Waals surface area contributed by atoms with Crippen LogP contribution in [-0.2, 0) is 4.74 Å². The normalized spacial score (nSPS) is 12.1. The van der Waals surface area contributed by atoms with Gasteiger partial charge in [-0.05, 0) is 31.9 Å². The van der Waals surface area contributed by atoms with Crippen molar-refractivity contribution in [3.05, 3.63) is 35.9 Å². The molecule has 1 aromatic rings. The first kappa shape index (κ1) is 11.7. The van der Waals surface area contributed by atoms with Gasteiger partial charge in [-0.25, -0.2) is 4.79 Å². The summed E-state index contributed by atoms with van der Waals surface area (Å²) in [6.45, 7) is 2.08. The van der Waals surface area contributed by atoms with Gasteiger partial charge in [0.25, 0.3) is 0 Å². The van der Waals surface area contributed by atoms with E-state index >= 15 is 0 Å². The third-order valence-corrected chi connectivity index (χ3v) is 2.01. The standard InChI is InChI=1S/C12H16O3/c1-10(13)6-5-9-15-12(14)11-7-3-2-4-8-11/h2-4,7-8,10,13H,5-6,9H2,1H3/t10-/m1/s1. The molecule has 0 saturated heterocycles. The van der Waals surface area contributed by atoms with Crippen molar-refractivity contribution in [3.63, 3.8) is 0 Å². The van der Waals surface area contributed by atoms with E-state index in [1.165, 1.54) is 0 Å². The van der Waals surface area contributed by atoms with Gasteiger partial charge in [-0.2, -0.15) is 0 Å². The van der Waals surface area contributed by atoms with Crippen molar-refractivity contribution in [1.82, 2.24) is 0 Å². The highest BCUT2D eigenvalue weighted by Crippen LogP contribution is 2.02. The molecule has 0 spiro atoms. The van der Waals surface area contributed by atoms with Crippen LogP contribution in [0.1, 0.15) is 30.1 Å². The summed E-state index contributed by atoms with van der Waals surface area (Å²) in [7, 11) is 0. The second kappa shape index (κ2) is 6.19. The van der Waals surface area contributed by atoms with E-state index in [2.05, 4.69) is 0 Å². The minimum absolute atomic E-state index is 0.304. The summed E-state index contributed by atoms with van der Waals surface area (Å²) < 4.78 is 5.03. The smallest absolute Gasteiger partial charge is 0.338 e. The maximum absolute atomic E-state index is 11.4. The van der Waals surface area contributed by atoms with E-state index in [0.717, 1.165) is 0 Å². The molecule has 15 heavy (non-hydrogen) atoms. The third-order valence-electron chi connectivity index (χ3n) is 2.01. The Morgan fingerprint density at radius 1 is 1.40 bits per heavy atom. The number of aliphatic hydroxyl groups is 1. The van der Waals surface area contributed by atoms with Crippen molar-refractivity contribution in [2.45, 2.75) is 25.9 Å². The molecule has 1 atom stereocenters. The second-order valence-electron chi connectivity index (χ2n) is 3.49. The van der Waals surface area contributed by atoms with E-state index < -0.39 is 0 Å². The van der Waals surface area contributed by atoms with E-state index in [0.29, 0.717) is 25.0 Å². The lowest BCUT2D eigenvalue weighted by Crippen LogP contribution is -2.08. The zero-order valence-electron chi connectivity index (χ0n) is 8.85. The summed E-state index contributed by atoms with van der Waals surface area (Å²) in [4.78, 5) is 11.4. The number of esters is 1. The van der Waals surface area contributed by atoms with Crippen LogP contribution in [0.25, 0.3) is 0 Å². The molecule has 0 saturated carbocycles. The topological polar surface area (TPSA) is 46.5 Å². The van der Waals surface area contributed by atoms with Gasteiger partial charge in [-0.1, -0.05) is 18.2 Å². The fourth-order valence-corrected chi connectivity index (χ4v) is 1.20. The summed E-state index contributed by atoms with van der Waals surface area (Å²) in [5.74, 6) is -0.304. The maximum atomic E-state index is 11.4. The summed E-state index contributed by atoms with van der Waals surface area (Å²) in [6, 6.07) is 8.89. The molecule has 0 aliphatic heterocycles. The van der Waals surface area contributed by atoms with E-state index in [4.69, 9.17) is 9.84 Å². The van der Waals surface area contributed by atoms with Gasteiger partial charge in [-0.3, -0.25) is 0 Å². The fraction of sp³-hybridized carbons (Fsp3) is 0.417. The van der Waals surface area contributed by atoms with Crippen molar-refractivity contribution >= 4 is 5.97 Å². The Labute approximate surface area is 89.7 Å². The molecule has 0 bridgehead atoms. The molecule has 3 heteroatoms. The number of hydrogen-bond acceptors (Lipinski definition) is 3. The number of ether oxygens (including phenoxy) is 1. The van der Waals surface area contributed by atoms with Crippen LogP contribution in [0, 0.1) is 0 Å². The minimum atomic E-state index is -0.333. The molecule has 3 nitrogen and oxygen atoms in total. The molecule has 1 N–H and O–H groups in total. The Hall–Kier alpha value is -1.35. The summed E-state index contributed by atoms with van der Waals surface area (Å²) >= 11 is 0. The first-order valence-corrected chi connectivity index (χ1v) is 5.10. The molecule has 0 aliphatic carbocycles. The van der Waals surface area contributed by atoms with Crippen LogP contribution in [0.15, 0.2) is 30.3 Å². The molecular formula is C12H16O3. The Morgan fingerprint density at radius 2 is 2.07 bits per heavy atom. The highest BCUT2D eigenvalue weighted by atomic mass is 16.5. The van der Waals surface area contributed by atoms with Gasteiger partial charge < -0.3 is 9.84 Å². The lowest BCUT2D eigenvalue weighted by molar-refractivity contribution is 0.0481. The average Bonchev–Trinajstić information content (AvgIpc) is 2.25. The van der Waals surface area contributed by atoms with E-state index in [9.17, 15) is 4.79 Å². The Balaban J connectivity index is 2.25. The van der Waals surface area contributed by atoms with Crippen LogP contribution in [0.5, 0.6) is 0 Å². The van der Waals surface area contributed by atoms with E-state index in [1.807, 2.05) is 6.07 Å². The number of hydrogen-bond donors (Lipinski definition) is 1. The average molecular weight is 208 g/mol. The summed E-state index contributed by atoms with van der Waals surface area (Å²) in [5.41, 5.74) is 0.564. The SMILES string of the molecule is C[C@@H](O)CCCOC(=O)c1ccccc1. The quantitative estimate of drug-likeness (QED) is 0.594. The summed E-state index contributed by atoms with van der Waals surface area (Å²) in [6.07, 6.45) is 1.01. The van der Waals surface area contributed by atoms with Crippen molar-refractivity contribution in [2.24, 2.45) is 0 Å². The molecule has 82 valence electrons. The van der Waals surface area contributed by atoms with E-state index in [1.54, 1.807) is 31.2 Å². The monoisotopic (exact) mass is 208 g/mol. The minimum Gasteiger partial charge on any atom is -0.462 e. The van der Waals surface area contributed by atoms with Crippen molar-refractivity contribution in [3.8, 4) is 0 Å². The predicted molar refractivity (Wildman–Crippen MR) is 57.6 cm³/mol. The van der Waals surface area contributed by atoms with Gasteiger partial charge in [0.2, 0.25) is 0 Å². The Kier molecular flexibility index (Phi) is 4.84. The van der Waals surface area contributed by atoms with Gasteiger partial charge in [0, 0.05) is 0 Å². The van der Waals surface area contributed by atoms with Crippen LogP contribution in [0.2, 0.25) is 0 Å². The van der Waals surface area contributed by atoms with Crippen LogP contribution < -0.4 is 0 Å². The number of carbonyl (C=O) groups excluding carboxylic acids is 1. The zero-order valence-corrected chi connectivity index (χ0v) is 8.85. The molecule has 0 aliphatic rings. The number of rotatable bonds is 5. The highest BCUT2D eigenvalue weighted by Gasteiger charge is 2.05. The Morgan fingerprint density at radius 3 is 2.67 bits per heavy atom. The van der Waals surface area contributed by atoms with Crippen molar-refractivity contribution in [2.75, 3.05) is 6.61 Å². The number of carbonyl (C=O) groups is 1. The molecule has 0 aromatic heterocycles. The molecule has 1 aromatic carbocycles. The molecule has 1 rings (SSSR count). The van der Waals surface area contributed by atoms with Gasteiger partial charge in [0.15, 0.2) is 0 Å². The van der Waals surface area contributed by atoms with Crippen LogP contribution in [-0.4, -0.2) is 23.8 Å². The first-order valence-electron chi connectivity index (χ1n) is 5.10. The largest absolute Gasteiger partial charge is 0.462 e. The van der Waals surface area contributed by atoms with Gasteiger partial charge in [0.1, 0.15) is 0 Å². The number of benzene rings is 1. The third kappa shape index (κ3) is 4.61. The summed E-state index contributed by atoms with van der Waals surface area (Å²) in [5, 5.41) is 8.99. The van der Waals surface area contributed by atoms with Crippen LogP contribution >= 0.6 is 0 Å². The van der Waals surface area contributed by atoms with Gasteiger partial charge in [-0.15, -0.1) is 0 Å². The van der Waals surface area contributed by atoms with E-state index in [-0.39, 0.29) is 12.1 Å². The van der Waals surface area contributed by atoms with Crippen LogP contribution in [0.3, 0.4) is 0 Å². The van der Waals surface area contributed by atoms with Crippen molar-refractivity contribution < 1.29 is 14.6 Å². The molecule has 0 radical (unpaired) electrons. The van der Waals surface area contributed by atoms with Crippen molar-refractivity contribution in [1.29, 1.82) is 0 Å². The molecule has 0 heterocycles. The lowest BCUT2D eigenvalue weighted by atomic mass is 10.2. The van der Waals surface area contributed by atoms with Gasteiger partial charge >= 0.3 is 5.97 Å². The predicted octanol–water partition coefficient (Wildman–Crippen LogP) is 2.00. The highest BCUT2D eigenvalue weighted by molar-refractivity contribution is 5.89. The molecule has 0 unspecified atom stereocenters.